The van der Waals surface area contributed by atoms with Crippen LogP contribution >= 0.6 is 0 Å². The second-order valence-electron chi connectivity index (χ2n) is 3.01. The zero-order valence-corrected chi connectivity index (χ0v) is 11.3. The molecule has 18 heavy (non-hydrogen) atoms. The molecule has 0 fully saturated rings. The van der Waals surface area contributed by atoms with Crippen LogP contribution in [0.25, 0.3) is 0 Å². The van der Waals surface area contributed by atoms with Crippen LogP contribution in [0, 0.1) is 0 Å². The average Bonchev–Trinajstić information content (AvgIpc) is 2.29. The van der Waals surface area contributed by atoms with E-state index in [-0.39, 0.29) is 21.8 Å². The molecule has 2 nitrogen and oxygen atoms in total. The number of aromatic nitrogens is 2. The summed E-state index contributed by atoms with van der Waals surface area (Å²) in [5.41, 5.74) is 0. The molecule has 0 saturated heterocycles. The Morgan fingerprint density at radius 3 is 1.17 bits per heavy atom. The van der Waals surface area contributed by atoms with Gasteiger partial charge in [0, 0.05) is 0 Å². The van der Waals surface area contributed by atoms with Crippen LogP contribution in [0.4, 0.5) is 17.3 Å². The van der Waals surface area contributed by atoms with Crippen LogP contribution < -0.4 is 27.3 Å². The average molecular weight is 372 g/mol. The first-order valence-electron chi connectivity index (χ1n) is 4.91. The molecule has 2 aromatic heterocycles. The standard InChI is InChI=1S/C10H10IN2.BF4/c1-3-7-12(8-4-1)11-13-9-5-2-6-10-13;2-1(3,4)5/h1-10H;/q+1;-1. The third-order valence-electron chi connectivity index (χ3n) is 1.53. The fourth-order valence-corrected chi connectivity index (χ4v) is 2.85. The Labute approximate surface area is 113 Å². The van der Waals surface area contributed by atoms with Crippen LogP contribution in [0.15, 0.2) is 61.2 Å². The van der Waals surface area contributed by atoms with Crippen LogP contribution in [0.1, 0.15) is 0 Å². The molecule has 0 atom stereocenters. The van der Waals surface area contributed by atoms with Crippen LogP contribution in [0.5, 0.6) is 0 Å². The molecule has 0 aliphatic rings. The van der Waals surface area contributed by atoms with Gasteiger partial charge in [-0.1, -0.05) is 0 Å². The van der Waals surface area contributed by atoms with E-state index in [1.807, 2.05) is 12.1 Å². The number of halogens is 5. The first-order chi connectivity index (χ1) is 8.45. The van der Waals surface area contributed by atoms with E-state index >= 15 is 0 Å². The summed E-state index contributed by atoms with van der Waals surface area (Å²) in [5, 5.41) is 0. The number of hydrogen-bond donors (Lipinski definition) is 0. The van der Waals surface area contributed by atoms with Gasteiger partial charge >= 0.3 is 95.8 Å². The molecule has 0 N–H and O–H groups in total. The van der Waals surface area contributed by atoms with Crippen LogP contribution in [0.2, 0.25) is 0 Å². The Morgan fingerprint density at radius 2 is 0.889 bits per heavy atom. The molecule has 2 heterocycles. The maximum atomic E-state index is 9.75. The minimum absolute atomic E-state index is 0.138. The van der Waals surface area contributed by atoms with E-state index in [1.165, 1.54) is 0 Å². The van der Waals surface area contributed by atoms with E-state index < -0.39 is 7.25 Å². The number of hydrogen-bond acceptors (Lipinski definition) is 0. The molecule has 2 rings (SSSR count). The van der Waals surface area contributed by atoms with Gasteiger partial charge in [0.25, 0.3) is 0 Å². The van der Waals surface area contributed by atoms with Gasteiger partial charge in [0.05, 0.1) is 0 Å². The molecule has 0 amide bonds. The number of rotatable bonds is 2. The van der Waals surface area contributed by atoms with Gasteiger partial charge in [-0.2, -0.15) is 0 Å². The van der Waals surface area contributed by atoms with Crippen molar-refractivity contribution >= 4 is 7.25 Å². The molecular weight excluding hydrogens is 362 g/mol. The normalized spacial score (nSPS) is 10.7. The first kappa shape index (κ1) is 14.9. The summed E-state index contributed by atoms with van der Waals surface area (Å²) in [5.74, 6) is 0. The number of pyridine rings is 2. The van der Waals surface area contributed by atoms with Crippen molar-refractivity contribution in [2.24, 2.45) is 0 Å². The van der Waals surface area contributed by atoms with E-state index in [0.29, 0.717) is 0 Å². The fourth-order valence-electron chi connectivity index (χ4n) is 0.957. The van der Waals surface area contributed by atoms with Crippen molar-refractivity contribution < 1.29 is 44.6 Å². The van der Waals surface area contributed by atoms with Crippen molar-refractivity contribution in [1.82, 2.24) is 0 Å². The van der Waals surface area contributed by atoms with Gasteiger partial charge in [0.1, 0.15) is 0 Å². The Hall–Kier alpha value is -1.19. The van der Waals surface area contributed by atoms with Crippen molar-refractivity contribution in [3.63, 3.8) is 0 Å². The van der Waals surface area contributed by atoms with Crippen molar-refractivity contribution in [3.8, 4) is 0 Å². The molecule has 0 saturated carbocycles. The van der Waals surface area contributed by atoms with Gasteiger partial charge in [0.2, 0.25) is 0 Å². The van der Waals surface area contributed by atoms with Crippen LogP contribution in [-0.2, 0) is 0 Å². The number of nitrogens with zero attached hydrogens (tertiary/aromatic N) is 2. The predicted octanol–water partition coefficient (Wildman–Crippen LogP) is -1.12. The third-order valence-corrected chi connectivity index (χ3v) is 3.82. The summed E-state index contributed by atoms with van der Waals surface area (Å²) < 4.78 is 43.5. The molecule has 0 spiro atoms. The van der Waals surface area contributed by atoms with E-state index in [2.05, 4.69) is 54.6 Å². The third kappa shape index (κ3) is 7.99. The summed E-state index contributed by atoms with van der Waals surface area (Å²) in [6.45, 7) is 0. The molecule has 0 unspecified atom stereocenters. The molecule has 0 aromatic carbocycles. The Balaban J connectivity index is 0.000000280. The summed E-state index contributed by atoms with van der Waals surface area (Å²) >= 11 is -0.138. The summed E-state index contributed by atoms with van der Waals surface area (Å²) in [7, 11) is -6.00. The van der Waals surface area contributed by atoms with Gasteiger partial charge in [-0.25, -0.2) is 0 Å². The molecule has 8 heteroatoms. The van der Waals surface area contributed by atoms with E-state index in [1.54, 1.807) is 0 Å². The fraction of sp³-hybridized carbons (Fsp3) is 0. The minimum atomic E-state index is -6.00. The first-order valence-corrected chi connectivity index (χ1v) is 6.84. The Kier molecular flexibility index (Phi) is 6.03. The monoisotopic (exact) mass is 372 g/mol. The Bertz CT molecular complexity index is 409. The van der Waals surface area contributed by atoms with Gasteiger partial charge < -0.3 is 17.3 Å². The molecule has 0 radical (unpaired) electrons. The molecule has 2 aromatic rings. The molecule has 0 bridgehead atoms. The molecule has 98 valence electrons. The zero-order chi connectivity index (χ0) is 13.4. The van der Waals surface area contributed by atoms with E-state index in [4.69, 9.17) is 0 Å². The van der Waals surface area contributed by atoms with Gasteiger partial charge in [-0.05, 0) is 0 Å². The molecular formula is C10H10BF4IN2. The summed E-state index contributed by atoms with van der Waals surface area (Å²) in [6.07, 6.45) is 8.42. The quantitative estimate of drug-likeness (QED) is 0.359. The van der Waals surface area contributed by atoms with E-state index in [9.17, 15) is 17.3 Å². The second kappa shape index (κ2) is 7.29. The summed E-state index contributed by atoms with van der Waals surface area (Å²) in [4.78, 5) is 0. The van der Waals surface area contributed by atoms with Crippen LogP contribution in [0.3, 0.4) is 0 Å². The topological polar surface area (TPSA) is 7.76 Å². The van der Waals surface area contributed by atoms with Crippen LogP contribution in [-0.4, -0.2) is 7.25 Å². The second-order valence-corrected chi connectivity index (χ2v) is 5.67. The molecule has 0 aliphatic heterocycles. The van der Waals surface area contributed by atoms with Crippen molar-refractivity contribution in [2.75, 3.05) is 0 Å². The Morgan fingerprint density at radius 1 is 0.611 bits per heavy atom. The van der Waals surface area contributed by atoms with Gasteiger partial charge in [-0.15, -0.1) is 0 Å². The maximum absolute atomic E-state index is 9.75. The van der Waals surface area contributed by atoms with Crippen molar-refractivity contribution in [2.45, 2.75) is 0 Å². The zero-order valence-electron chi connectivity index (χ0n) is 9.14. The summed E-state index contributed by atoms with van der Waals surface area (Å²) in [6, 6.07) is 12.3. The van der Waals surface area contributed by atoms with Crippen molar-refractivity contribution in [3.05, 3.63) is 61.2 Å². The SMILES string of the molecule is F[B-](F)(F)F.c1cc[n+]([I-][n+]2ccccc2)cc1. The van der Waals surface area contributed by atoms with Gasteiger partial charge in [0.15, 0.2) is 0 Å². The van der Waals surface area contributed by atoms with Crippen molar-refractivity contribution in [1.29, 1.82) is 0 Å². The predicted molar refractivity (Wildman–Crippen MR) is 54.3 cm³/mol. The van der Waals surface area contributed by atoms with E-state index in [0.717, 1.165) is 0 Å². The van der Waals surface area contributed by atoms with Gasteiger partial charge in [-0.3, -0.25) is 0 Å². The molecule has 0 aliphatic carbocycles.